The maximum atomic E-state index is 12.9. The number of sulfone groups is 1. The second kappa shape index (κ2) is 11.0. The van der Waals surface area contributed by atoms with E-state index >= 15 is 0 Å². The quantitative estimate of drug-likeness (QED) is 0.323. The van der Waals surface area contributed by atoms with Gasteiger partial charge in [-0.05, 0) is 63.3 Å². The standard InChI is InChI=1S/C28H33ClN4O4S/c1-17(2)38(34,35)23-12-8-7-11-21(23)31-27-20(29)16-30-28(33-27)32-22-15-18(3)24(19-9-5-4-6-10-19)26-25(22)36-13-14-37-26/h7-8,11-12,15-17,19H,4-6,9-10,13-14H2,1-3H3,(H2,30,31,32,33). The fraction of sp³-hybridized carbons (Fsp3) is 0.429. The average molecular weight is 557 g/mol. The maximum Gasteiger partial charge on any atom is 0.229 e. The minimum absolute atomic E-state index is 0.188. The van der Waals surface area contributed by atoms with Gasteiger partial charge < -0.3 is 20.1 Å². The number of nitrogens with zero attached hydrogens (tertiary/aromatic N) is 2. The van der Waals surface area contributed by atoms with Crippen LogP contribution in [-0.4, -0.2) is 36.8 Å². The smallest absolute Gasteiger partial charge is 0.229 e. The molecule has 8 nitrogen and oxygen atoms in total. The lowest BCUT2D eigenvalue weighted by atomic mass is 9.81. The molecule has 2 heterocycles. The summed E-state index contributed by atoms with van der Waals surface area (Å²) in [6, 6.07) is 8.78. The fourth-order valence-corrected chi connectivity index (χ4v) is 6.52. The molecule has 2 N–H and O–H groups in total. The van der Waals surface area contributed by atoms with Crippen LogP contribution in [0.15, 0.2) is 41.4 Å². The molecule has 0 saturated heterocycles. The Hall–Kier alpha value is -3.04. The number of anilines is 4. The summed E-state index contributed by atoms with van der Waals surface area (Å²) in [7, 11) is -3.52. The van der Waals surface area contributed by atoms with Gasteiger partial charge in [-0.2, -0.15) is 4.98 Å². The molecule has 2 aromatic carbocycles. The van der Waals surface area contributed by atoms with E-state index in [2.05, 4.69) is 33.6 Å². The van der Waals surface area contributed by atoms with E-state index in [1.54, 1.807) is 38.1 Å². The number of hydrogen-bond acceptors (Lipinski definition) is 8. The van der Waals surface area contributed by atoms with Crippen molar-refractivity contribution < 1.29 is 17.9 Å². The zero-order chi connectivity index (χ0) is 26.9. The van der Waals surface area contributed by atoms with Gasteiger partial charge in [-0.25, -0.2) is 13.4 Å². The van der Waals surface area contributed by atoms with Crippen LogP contribution in [0.5, 0.6) is 11.5 Å². The van der Waals surface area contributed by atoms with E-state index in [-0.39, 0.29) is 15.7 Å². The topological polar surface area (TPSA) is 102 Å². The molecule has 0 atom stereocenters. The number of nitrogens with one attached hydrogen (secondary N) is 2. The highest BCUT2D eigenvalue weighted by atomic mass is 35.5. The van der Waals surface area contributed by atoms with E-state index in [4.69, 9.17) is 21.1 Å². The van der Waals surface area contributed by atoms with Crippen LogP contribution in [0, 0.1) is 6.92 Å². The van der Waals surface area contributed by atoms with Gasteiger partial charge in [0.15, 0.2) is 27.2 Å². The summed E-state index contributed by atoms with van der Waals surface area (Å²) < 4.78 is 38.0. The van der Waals surface area contributed by atoms with Crippen molar-refractivity contribution in [3.8, 4) is 11.5 Å². The van der Waals surface area contributed by atoms with Crippen molar-refractivity contribution in [2.75, 3.05) is 23.8 Å². The van der Waals surface area contributed by atoms with Crippen molar-refractivity contribution in [2.24, 2.45) is 0 Å². The maximum absolute atomic E-state index is 12.9. The van der Waals surface area contributed by atoms with Crippen LogP contribution >= 0.6 is 11.6 Å². The Labute approximate surface area is 229 Å². The van der Waals surface area contributed by atoms with Gasteiger partial charge in [0.25, 0.3) is 0 Å². The number of halogens is 1. The summed E-state index contributed by atoms with van der Waals surface area (Å²) in [5.41, 5.74) is 3.50. The number of ether oxygens (including phenoxy) is 2. The van der Waals surface area contributed by atoms with Crippen LogP contribution in [-0.2, 0) is 9.84 Å². The Morgan fingerprint density at radius 1 is 1.00 bits per heavy atom. The minimum Gasteiger partial charge on any atom is -0.486 e. The second-order valence-electron chi connectivity index (χ2n) is 10.1. The highest BCUT2D eigenvalue weighted by Crippen LogP contribution is 2.49. The van der Waals surface area contributed by atoms with Gasteiger partial charge in [-0.1, -0.05) is 43.0 Å². The van der Waals surface area contributed by atoms with E-state index in [0.717, 1.165) is 24.2 Å². The van der Waals surface area contributed by atoms with E-state index in [9.17, 15) is 8.42 Å². The molecule has 38 heavy (non-hydrogen) atoms. The first kappa shape index (κ1) is 26.6. The van der Waals surface area contributed by atoms with Gasteiger partial charge in [0.05, 0.1) is 27.7 Å². The molecule has 0 radical (unpaired) electrons. The molecule has 3 aromatic rings. The summed E-state index contributed by atoms with van der Waals surface area (Å²) in [4.78, 5) is 9.11. The number of benzene rings is 2. The predicted molar refractivity (Wildman–Crippen MR) is 150 cm³/mol. The summed E-state index contributed by atoms with van der Waals surface area (Å²) in [5, 5.41) is 6.06. The molecule has 10 heteroatoms. The molecular formula is C28H33ClN4O4S. The third-order valence-electron chi connectivity index (χ3n) is 7.13. The molecule has 0 spiro atoms. The monoisotopic (exact) mass is 556 g/mol. The average Bonchev–Trinajstić information content (AvgIpc) is 2.91. The van der Waals surface area contributed by atoms with Gasteiger partial charge in [0, 0.05) is 5.56 Å². The zero-order valence-electron chi connectivity index (χ0n) is 21.9. The Morgan fingerprint density at radius 2 is 1.71 bits per heavy atom. The Morgan fingerprint density at radius 3 is 2.45 bits per heavy atom. The lowest BCUT2D eigenvalue weighted by molar-refractivity contribution is 0.169. The number of hydrogen-bond donors (Lipinski definition) is 2. The fourth-order valence-electron chi connectivity index (χ4n) is 5.18. The Bertz CT molecular complexity index is 1440. The lowest BCUT2D eigenvalue weighted by Gasteiger charge is -2.30. The summed E-state index contributed by atoms with van der Waals surface area (Å²) >= 11 is 6.42. The second-order valence-corrected chi connectivity index (χ2v) is 13.0. The largest absolute Gasteiger partial charge is 0.486 e. The first-order valence-electron chi connectivity index (χ1n) is 13.1. The number of rotatable bonds is 7. The van der Waals surface area contributed by atoms with E-state index in [1.165, 1.54) is 31.0 Å². The lowest BCUT2D eigenvalue weighted by Crippen LogP contribution is -2.20. The first-order chi connectivity index (χ1) is 18.3. The molecule has 1 aliphatic heterocycles. The van der Waals surface area contributed by atoms with Crippen LogP contribution in [0.3, 0.4) is 0 Å². The molecule has 1 saturated carbocycles. The minimum atomic E-state index is -3.52. The van der Waals surface area contributed by atoms with Crippen molar-refractivity contribution in [1.82, 2.24) is 9.97 Å². The van der Waals surface area contributed by atoms with Gasteiger partial charge >= 0.3 is 0 Å². The molecule has 0 unspecified atom stereocenters. The van der Waals surface area contributed by atoms with Gasteiger partial charge in [-0.3, -0.25) is 0 Å². The normalized spacial score (nSPS) is 15.9. The number of fused-ring (bicyclic) bond motifs is 1. The van der Waals surface area contributed by atoms with Crippen molar-refractivity contribution in [3.63, 3.8) is 0 Å². The molecule has 0 bridgehead atoms. The molecule has 1 aromatic heterocycles. The van der Waals surface area contributed by atoms with Crippen LogP contribution < -0.4 is 20.1 Å². The molecule has 5 rings (SSSR count). The third kappa shape index (κ3) is 5.27. The summed E-state index contributed by atoms with van der Waals surface area (Å²) in [6.45, 7) is 6.39. The van der Waals surface area contributed by atoms with Gasteiger partial charge in [0.1, 0.15) is 18.2 Å². The summed E-state index contributed by atoms with van der Waals surface area (Å²) in [6.07, 6.45) is 7.55. The molecule has 1 fully saturated rings. The van der Waals surface area contributed by atoms with E-state index < -0.39 is 15.1 Å². The van der Waals surface area contributed by atoms with Crippen molar-refractivity contribution >= 4 is 44.6 Å². The van der Waals surface area contributed by atoms with Gasteiger partial charge in [-0.15, -0.1) is 0 Å². The molecule has 2 aliphatic rings. The third-order valence-corrected chi connectivity index (χ3v) is 9.62. The number of aromatic nitrogens is 2. The molecular weight excluding hydrogens is 524 g/mol. The first-order valence-corrected chi connectivity index (χ1v) is 15.0. The highest BCUT2D eigenvalue weighted by Gasteiger charge is 2.29. The van der Waals surface area contributed by atoms with E-state index in [1.807, 2.05) is 0 Å². The highest BCUT2D eigenvalue weighted by molar-refractivity contribution is 7.92. The Balaban J connectivity index is 1.47. The molecule has 202 valence electrons. The van der Waals surface area contributed by atoms with Crippen molar-refractivity contribution in [2.45, 2.75) is 68.9 Å². The van der Waals surface area contributed by atoms with Gasteiger partial charge in [0.2, 0.25) is 5.95 Å². The Kier molecular flexibility index (Phi) is 7.68. The number of para-hydroxylation sites is 1. The summed E-state index contributed by atoms with van der Waals surface area (Å²) in [5.74, 6) is 2.53. The van der Waals surface area contributed by atoms with Crippen LogP contribution in [0.25, 0.3) is 0 Å². The van der Waals surface area contributed by atoms with Crippen LogP contribution in [0.2, 0.25) is 5.02 Å². The SMILES string of the molecule is Cc1cc(Nc2ncc(Cl)c(Nc3ccccc3S(=O)(=O)C(C)C)n2)c2c(c1C1CCCCC1)OCCO2. The molecule has 1 aliphatic carbocycles. The van der Waals surface area contributed by atoms with E-state index in [0.29, 0.717) is 42.2 Å². The van der Waals surface area contributed by atoms with Crippen molar-refractivity contribution in [3.05, 3.63) is 52.7 Å². The van der Waals surface area contributed by atoms with Crippen LogP contribution in [0.1, 0.15) is 63.0 Å². The van der Waals surface area contributed by atoms with Crippen molar-refractivity contribution in [1.29, 1.82) is 0 Å². The van der Waals surface area contributed by atoms with Crippen LogP contribution in [0.4, 0.5) is 23.1 Å². The zero-order valence-corrected chi connectivity index (χ0v) is 23.5. The molecule has 0 amide bonds. The predicted octanol–water partition coefficient (Wildman–Crippen LogP) is 6.93. The number of aryl methyl sites for hydroxylation is 1.